The van der Waals surface area contributed by atoms with Crippen LogP contribution in [0.1, 0.15) is 28.9 Å². The van der Waals surface area contributed by atoms with Crippen molar-refractivity contribution in [2.75, 3.05) is 49.1 Å². The lowest BCUT2D eigenvalue weighted by atomic mass is 10.2. The minimum atomic E-state index is 0.0423. The standard InChI is InChI=1S/C19H24N6O/c1-15-13-17(23-7-2-3-8-23)22-19(21-15)25-11-9-24(10-12-25)18(26)16-5-4-6-20-14-16/h4-6,13-14H,2-3,7-12H2,1H3. The van der Waals surface area contributed by atoms with Gasteiger partial charge in [-0.3, -0.25) is 9.78 Å². The molecule has 0 atom stereocenters. The van der Waals surface area contributed by atoms with Crippen molar-refractivity contribution in [2.45, 2.75) is 19.8 Å². The van der Waals surface area contributed by atoms with Crippen LogP contribution in [-0.2, 0) is 0 Å². The van der Waals surface area contributed by atoms with Gasteiger partial charge in [0.05, 0.1) is 5.56 Å². The van der Waals surface area contributed by atoms with Crippen LogP contribution in [0.5, 0.6) is 0 Å². The minimum absolute atomic E-state index is 0.0423. The summed E-state index contributed by atoms with van der Waals surface area (Å²) in [7, 11) is 0. The van der Waals surface area contributed by atoms with Gasteiger partial charge in [-0.1, -0.05) is 0 Å². The maximum absolute atomic E-state index is 12.6. The molecule has 0 N–H and O–H groups in total. The van der Waals surface area contributed by atoms with Crippen LogP contribution in [0, 0.1) is 6.92 Å². The summed E-state index contributed by atoms with van der Waals surface area (Å²) < 4.78 is 0. The highest BCUT2D eigenvalue weighted by Gasteiger charge is 2.24. The number of carbonyl (C=O) groups is 1. The molecular formula is C19H24N6O. The molecule has 26 heavy (non-hydrogen) atoms. The third-order valence-corrected chi connectivity index (χ3v) is 5.02. The predicted molar refractivity (Wildman–Crippen MR) is 101 cm³/mol. The molecule has 0 aliphatic carbocycles. The molecule has 0 spiro atoms. The van der Waals surface area contributed by atoms with Crippen molar-refractivity contribution in [3.05, 3.63) is 41.9 Å². The molecule has 136 valence electrons. The topological polar surface area (TPSA) is 65.5 Å². The van der Waals surface area contributed by atoms with Crippen LogP contribution in [0.4, 0.5) is 11.8 Å². The summed E-state index contributed by atoms with van der Waals surface area (Å²) in [5.74, 6) is 1.85. The van der Waals surface area contributed by atoms with Crippen molar-refractivity contribution < 1.29 is 4.79 Å². The Morgan fingerprint density at radius 1 is 1.00 bits per heavy atom. The second-order valence-corrected chi connectivity index (χ2v) is 6.88. The molecule has 2 aromatic heterocycles. The van der Waals surface area contributed by atoms with Gasteiger partial charge in [0.2, 0.25) is 5.95 Å². The zero-order valence-corrected chi connectivity index (χ0v) is 15.1. The summed E-state index contributed by atoms with van der Waals surface area (Å²) in [5, 5.41) is 0. The summed E-state index contributed by atoms with van der Waals surface area (Å²) in [6, 6.07) is 5.68. The van der Waals surface area contributed by atoms with Gasteiger partial charge in [0.1, 0.15) is 5.82 Å². The molecule has 7 heteroatoms. The largest absolute Gasteiger partial charge is 0.356 e. The second kappa shape index (κ2) is 7.27. The van der Waals surface area contributed by atoms with Gasteiger partial charge in [-0.05, 0) is 31.9 Å². The van der Waals surface area contributed by atoms with E-state index in [-0.39, 0.29) is 5.91 Å². The van der Waals surface area contributed by atoms with Crippen LogP contribution < -0.4 is 9.80 Å². The van der Waals surface area contributed by atoms with Crippen molar-refractivity contribution in [2.24, 2.45) is 0 Å². The Morgan fingerprint density at radius 2 is 1.77 bits per heavy atom. The highest BCUT2D eigenvalue weighted by atomic mass is 16.2. The molecule has 2 saturated heterocycles. The molecule has 2 aromatic rings. The van der Waals surface area contributed by atoms with E-state index in [1.54, 1.807) is 18.5 Å². The summed E-state index contributed by atoms with van der Waals surface area (Å²) in [6.45, 7) is 7.00. The summed E-state index contributed by atoms with van der Waals surface area (Å²) in [6.07, 6.45) is 5.77. The van der Waals surface area contributed by atoms with E-state index >= 15 is 0 Å². The van der Waals surface area contributed by atoms with Gasteiger partial charge in [0, 0.05) is 63.4 Å². The molecule has 0 radical (unpaired) electrons. The number of aromatic nitrogens is 3. The highest BCUT2D eigenvalue weighted by Crippen LogP contribution is 2.22. The molecule has 1 amide bonds. The Bertz CT molecular complexity index is 767. The van der Waals surface area contributed by atoms with Gasteiger partial charge in [-0.15, -0.1) is 0 Å². The monoisotopic (exact) mass is 352 g/mol. The van der Waals surface area contributed by atoms with E-state index in [2.05, 4.69) is 25.8 Å². The number of pyridine rings is 1. The number of piperazine rings is 1. The first-order chi connectivity index (χ1) is 12.7. The zero-order valence-electron chi connectivity index (χ0n) is 15.1. The van der Waals surface area contributed by atoms with Crippen molar-refractivity contribution >= 4 is 17.7 Å². The third kappa shape index (κ3) is 3.47. The lowest BCUT2D eigenvalue weighted by molar-refractivity contribution is 0.0746. The first-order valence-electron chi connectivity index (χ1n) is 9.25. The van der Waals surface area contributed by atoms with Gasteiger partial charge < -0.3 is 14.7 Å². The van der Waals surface area contributed by atoms with E-state index in [4.69, 9.17) is 4.98 Å². The van der Waals surface area contributed by atoms with Crippen molar-refractivity contribution in [1.29, 1.82) is 0 Å². The van der Waals surface area contributed by atoms with Gasteiger partial charge in [0.15, 0.2) is 0 Å². The predicted octanol–water partition coefficient (Wildman–Crippen LogP) is 1.74. The van der Waals surface area contributed by atoms with E-state index in [0.717, 1.165) is 43.6 Å². The van der Waals surface area contributed by atoms with Gasteiger partial charge >= 0.3 is 0 Å². The van der Waals surface area contributed by atoms with E-state index in [9.17, 15) is 4.79 Å². The smallest absolute Gasteiger partial charge is 0.255 e. The molecule has 2 aliphatic rings. The number of carbonyl (C=O) groups excluding carboxylic acids is 1. The lowest BCUT2D eigenvalue weighted by Gasteiger charge is -2.35. The van der Waals surface area contributed by atoms with Crippen LogP contribution in [0.2, 0.25) is 0 Å². The van der Waals surface area contributed by atoms with E-state index in [1.807, 2.05) is 17.9 Å². The average Bonchev–Trinajstić information content (AvgIpc) is 3.23. The number of hydrogen-bond donors (Lipinski definition) is 0. The fourth-order valence-electron chi connectivity index (χ4n) is 3.57. The van der Waals surface area contributed by atoms with Gasteiger partial charge in [-0.2, -0.15) is 4.98 Å². The molecule has 2 aliphatic heterocycles. The fourth-order valence-corrected chi connectivity index (χ4v) is 3.57. The Morgan fingerprint density at radius 3 is 2.46 bits per heavy atom. The van der Waals surface area contributed by atoms with Crippen LogP contribution >= 0.6 is 0 Å². The van der Waals surface area contributed by atoms with Crippen LogP contribution in [-0.4, -0.2) is 65.0 Å². The van der Waals surface area contributed by atoms with Crippen molar-refractivity contribution in [3.8, 4) is 0 Å². The number of anilines is 2. The summed E-state index contributed by atoms with van der Waals surface area (Å²) in [4.78, 5) is 32.4. The molecule has 0 unspecified atom stereocenters. The third-order valence-electron chi connectivity index (χ3n) is 5.02. The van der Waals surface area contributed by atoms with Crippen LogP contribution in [0.3, 0.4) is 0 Å². The van der Waals surface area contributed by atoms with E-state index in [0.29, 0.717) is 18.7 Å². The Hall–Kier alpha value is -2.70. The SMILES string of the molecule is Cc1cc(N2CCCC2)nc(N2CCN(C(=O)c3cccnc3)CC2)n1. The molecular weight excluding hydrogens is 328 g/mol. The van der Waals surface area contributed by atoms with Gasteiger partial charge in [-0.25, -0.2) is 4.98 Å². The normalized spacial score (nSPS) is 17.7. The molecule has 4 rings (SSSR count). The zero-order chi connectivity index (χ0) is 17.9. The van der Waals surface area contributed by atoms with Crippen molar-refractivity contribution in [3.63, 3.8) is 0 Å². The lowest BCUT2D eigenvalue weighted by Crippen LogP contribution is -2.49. The first kappa shape index (κ1) is 16.8. The molecule has 7 nitrogen and oxygen atoms in total. The molecule has 0 saturated carbocycles. The highest BCUT2D eigenvalue weighted by molar-refractivity contribution is 5.94. The number of aryl methyl sites for hydroxylation is 1. The number of rotatable bonds is 3. The summed E-state index contributed by atoms with van der Waals surface area (Å²) in [5.41, 5.74) is 1.63. The van der Waals surface area contributed by atoms with Gasteiger partial charge in [0.25, 0.3) is 5.91 Å². The maximum atomic E-state index is 12.6. The molecule has 0 aromatic carbocycles. The minimum Gasteiger partial charge on any atom is -0.356 e. The fraction of sp³-hybridized carbons (Fsp3) is 0.474. The van der Waals surface area contributed by atoms with E-state index in [1.165, 1.54) is 12.8 Å². The Kier molecular flexibility index (Phi) is 4.69. The first-order valence-corrected chi connectivity index (χ1v) is 9.25. The summed E-state index contributed by atoms with van der Waals surface area (Å²) >= 11 is 0. The number of nitrogens with zero attached hydrogens (tertiary/aromatic N) is 6. The molecule has 4 heterocycles. The average molecular weight is 352 g/mol. The van der Waals surface area contributed by atoms with Crippen molar-refractivity contribution in [1.82, 2.24) is 19.9 Å². The maximum Gasteiger partial charge on any atom is 0.255 e. The number of amides is 1. The van der Waals surface area contributed by atoms with Crippen LogP contribution in [0.25, 0.3) is 0 Å². The second-order valence-electron chi connectivity index (χ2n) is 6.88. The van der Waals surface area contributed by atoms with E-state index < -0.39 is 0 Å². The Balaban J connectivity index is 1.44. The Labute approximate surface area is 153 Å². The molecule has 2 fully saturated rings. The number of hydrogen-bond acceptors (Lipinski definition) is 6. The van der Waals surface area contributed by atoms with Crippen LogP contribution in [0.15, 0.2) is 30.6 Å². The quantitative estimate of drug-likeness (QED) is 0.838. The molecule has 0 bridgehead atoms.